The molecule has 0 aromatic rings. The predicted molar refractivity (Wildman–Crippen MR) is 291 cm³/mol. The molecule has 0 aromatic carbocycles. The van der Waals surface area contributed by atoms with E-state index in [-0.39, 0.29) is 55.5 Å². The lowest BCUT2D eigenvalue weighted by molar-refractivity contribution is -0.157. The molecule has 14 heteroatoms. The Kier molecular flexibility index (Phi) is 38.6. The van der Waals surface area contributed by atoms with Crippen LogP contribution in [0.25, 0.3) is 0 Å². The van der Waals surface area contributed by atoms with Crippen LogP contribution in [0.5, 0.6) is 0 Å². The largest absolute Gasteiger partial charge is 0.460 e. The summed E-state index contributed by atoms with van der Waals surface area (Å²) in [4.78, 5) is 69.6. The predicted octanol–water partition coefficient (Wildman–Crippen LogP) is 12.0. The number of esters is 4. The third kappa shape index (κ3) is 47.9. The van der Waals surface area contributed by atoms with Gasteiger partial charge in [-0.1, -0.05) is 70.4 Å². The van der Waals surface area contributed by atoms with Crippen molar-refractivity contribution in [3.8, 4) is 0 Å². The Labute approximate surface area is 440 Å². The van der Waals surface area contributed by atoms with Crippen LogP contribution >= 0.6 is 0 Å². The number of carbonyl (C=O) groups is 5. The maximum Gasteiger partial charge on any atom is 0.307 e. The van der Waals surface area contributed by atoms with E-state index >= 15 is 0 Å². The summed E-state index contributed by atoms with van der Waals surface area (Å²) in [5, 5.41) is 0. The first-order valence-electron chi connectivity index (χ1n) is 28.2. The molecule has 422 valence electrons. The molecule has 0 bridgehead atoms. The number of unbranched alkanes of at least 4 members (excludes halogenated alkanes) is 11. The van der Waals surface area contributed by atoms with E-state index in [1.807, 2.05) is 88.0 Å². The Hall–Kier alpha value is -3.07. The van der Waals surface area contributed by atoms with Crippen molar-refractivity contribution < 1.29 is 52.4 Å². The minimum Gasteiger partial charge on any atom is -0.460 e. The van der Waals surface area contributed by atoms with Crippen molar-refractivity contribution in [1.82, 2.24) is 14.7 Å². The number of rotatable bonds is 43. The summed E-state index contributed by atoms with van der Waals surface area (Å²) in [5.41, 5.74) is -2.25. The molecular formula is C58H109N3O11. The molecule has 0 spiro atoms. The van der Waals surface area contributed by atoms with Gasteiger partial charge in [0.05, 0.1) is 25.7 Å². The summed E-state index contributed by atoms with van der Waals surface area (Å²) < 4.78 is 34.1. The van der Waals surface area contributed by atoms with E-state index in [0.29, 0.717) is 98.0 Å². The van der Waals surface area contributed by atoms with Crippen molar-refractivity contribution >= 4 is 29.8 Å². The Morgan fingerprint density at radius 3 is 0.958 bits per heavy atom. The fraction of sp³-hybridized carbons (Fsp3) is 0.879. The minimum atomic E-state index is -0.562. The molecule has 0 rings (SSSR count). The second kappa shape index (κ2) is 40.3. The molecule has 0 radical (unpaired) electrons. The van der Waals surface area contributed by atoms with E-state index in [9.17, 15) is 24.0 Å². The van der Waals surface area contributed by atoms with E-state index in [0.717, 1.165) is 38.5 Å². The molecule has 0 saturated carbocycles. The normalized spacial score (nSPS) is 12.5. The summed E-state index contributed by atoms with van der Waals surface area (Å²) in [6, 6.07) is 0. The number of carbonyl (C=O) groups excluding carboxylic acids is 5. The fourth-order valence-electron chi connectivity index (χ4n) is 7.80. The quantitative estimate of drug-likeness (QED) is 0.0247. The van der Waals surface area contributed by atoms with Gasteiger partial charge in [0.15, 0.2) is 0 Å². The third-order valence-electron chi connectivity index (χ3n) is 11.2. The van der Waals surface area contributed by atoms with Gasteiger partial charge in [-0.3, -0.25) is 24.0 Å². The molecule has 0 unspecified atom stereocenters. The van der Waals surface area contributed by atoms with Gasteiger partial charge in [0, 0.05) is 85.2 Å². The molecule has 0 aliphatic rings. The van der Waals surface area contributed by atoms with Gasteiger partial charge in [0.2, 0.25) is 5.91 Å². The lowest BCUT2D eigenvalue weighted by atomic mass is 10.1. The highest BCUT2D eigenvalue weighted by molar-refractivity contribution is 5.76. The Morgan fingerprint density at radius 1 is 0.347 bits per heavy atom. The van der Waals surface area contributed by atoms with Crippen LogP contribution < -0.4 is 0 Å². The number of allylic oxidation sites excluding steroid dienone is 2. The highest BCUT2D eigenvalue weighted by atomic mass is 16.6. The monoisotopic (exact) mass is 1020 g/mol. The minimum absolute atomic E-state index is 0.170. The lowest BCUT2D eigenvalue weighted by Gasteiger charge is -2.25. The van der Waals surface area contributed by atoms with Crippen molar-refractivity contribution in [2.45, 2.75) is 254 Å². The molecule has 14 nitrogen and oxygen atoms in total. The molecule has 0 fully saturated rings. The fourth-order valence-corrected chi connectivity index (χ4v) is 7.80. The molecule has 0 aliphatic carbocycles. The highest BCUT2D eigenvalue weighted by Crippen LogP contribution is 2.15. The van der Waals surface area contributed by atoms with Crippen molar-refractivity contribution in [3.05, 3.63) is 12.2 Å². The van der Waals surface area contributed by atoms with Crippen LogP contribution in [0.4, 0.5) is 0 Å². The van der Waals surface area contributed by atoms with Crippen molar-refractivity contribution in [1.29, 1.82) is 0 Å². The van der Waals surface area contributed by atoms with Crippen LogP contribution in [0.15, 0.2) is 12.2 Å². The molecule has 0 aromatic heterocycles. The summed E-state index contributed by atoms with van der Waals surface area (Å²) in [6.45, 7) is 30.9. The van der Waals surface area contributed by atoms with Gasteiger partial charge >= 0.3 is 23.9 Å². The standard InChI is InChI=1S/C58H109N3O11/c1-14-15-16-17-18-19-20-21-22-23-24-25-26-27-28-33-50(62)61(40-31-48-67-46-29-38-59(42-34-51(63)69-55(2,3)4)43-35-52(64)70-56(5,6)7)41-32-49-68-47-30-39-60(44-36-53(65)71-57(8,9)10)45-37-54(66)72-58(11,12)13/h21-22H,14-20,23-49H2,1-13H3/b22-21-. The summed E-state index contributed by atoms with van der Waals surface area (Å²) in [7, 11) is 0. The molecule has 0 heterocycles. The van der Waals surface area contributed by atoms with E-state index in [2.05, 4.69) is 28.9 Å². The molecule has 0 saturated heterocycles. The van der Waals surface area contributed by atoms with E-state index in [4.69, 9.17) is 28.4 Å². The van der Waals surface area contributed by atoms with Gasteiger partial charge in [-0.2, -0.15) is 0 Å². The first-order valence-corrected chi connectivity index (χ1v) is 28.2. The molecule has 1 amide bonds. The van der Waals surface area contributed by atoms with Gasteiger partial charge in [-0.05, 0) is 141 Å². The molecule has 0 atom stereocenters. The Balaban J connectivity index is 5.18. The number of amides is 1. The third-order valence-corrected chi connectivity index (χ3v) is 11.2. The van der Waals surface area contributed by atoms with Gasteiger partial charge in [-0.15, -0.1) is 0 Å². The molecule has 0 aliphatic heterocycles. The van der Waals surface area contributed by atoms with E-state index < -0.39 is 22.4 Å². The van der Waals surface area contributed by atoms with Crippen LogP contribution in [-0.4, -0.2) is 146 Å². The second-order valence-corrected chi connectivity index (χ2v) is 23.4. The summed E-state index contributed by atoms with van der Waals surface area (Å²) in [6.07, 6.45) is 24.8. The summed E-state index contributed by atoms with van der Waals surface area (Å²) >= 11 is 0. The first-order chi connectivity index (χ1) is 33.8. The van der Waals surface area contributed by atoms with Gasteiger partial charge in [0.1, 0.15) is 22.4 Å². The Morgan fingerprint density at radius 2 is 0.639 bits per heavy atom. The van der Waals surface area contributed by atoms with Crippen LogP contribution in [0.1, 0.15) is 231 Å². The van der Waals surface area contributed by atoms with Crippen molar-refractivity contribution in [3.63, 3.8) is 0 Å². The highest BCUT2D eigenvalue weighted by Gasteiger charge is 2.22. The number of hydrogen-bond acceptors (Lipinski definition) is 13. The molecular weight excluding hydrogens is 915 g/mol. The van der Waals surface area contributed by atoms with Crippen LogP contribution in [0.3, 0.4) is 0 Å². The van der Waals surface area contributed by atoms with Crippen molar-refractivity contribution in [2.24, 2.45) is 0 Å². The zero-order valence-electron chi connectivity index (χ0n) is 48.5. The van der Waals surface area contributed by atoms with Crippen LogP contribution in [-0.2, 0) is 52.4 Å². The zero-order chi connectivity index (χ0) is 54.3. The van der Waals surface area contributed by atoms with E-state index in [1.54, 1.807) is 0 Å². The zero-order valence-corrected chi connectivity index (χ0v) is 48.5. The van der Waals surface area contributed by atoms with Gasteiger partial charge in [0.25, 0.3) is 0 Å². The average Bonchev–Trinajstić information content (AvgIpc) is 3.25. The van der Waals surface area contributed by atoms with Crippen molar-refractivity contribution in [2.75, 3.05) is 78.8 Å². The van der Waals surface area contributed by atoms with Gasteiger partial charge < -0.3 is 43.1 Å². The molecule has 72 heavy (non-hydrogen) atoms. The SMILES string of the molecule is CCCCCCCC/C=C\CCCCCCCC(=O)N(CCCOCCCN(CCC(=O)OC(C)(C)C)CCC(=O)OC(C)(C)C)CCCOCCCN(CCC(=O)OC(C)(C)C)CCC(=O)OC(C)(C)C. The van der Waals surface area contributed by atoms with Crippen LogP contribution in [0, 0.1) is 0 Å². The number of nitrogens with zero attached hydrogens (tertiary/aromatic N) is 3. The first kappa shape index (κ1) is 68.9. The average molecular weight is 1020 g/mol. The van der Waals surface area contributed by atoms with Crippen LogP contribution in [0.2, 0.25) is 0 Å². The lowest BCUT2D eigenvalue weighted by Crippen LogP contribution is -2.34. The van der Waals surface area contributed by atoms with E-state index in [1.165, 1.54) is 57.8 Å². The Bertz CT molecular complexity index is 1310. The molecule has 0 N–H and O–H groups in total. The summed E-state index contributed by atoms with van der Waals surface area (Å²) in [5.74, 6) is -0.912. The van der Waals surface area contributed by atoms with Gasteiger partial charge in [-0.25, -0.2) is 0 Å². The number of hydrogen-bond donors (Lipinski definition) is 0. The second-order valence-electron chi connectivity index (χ2n) is 23.4. The maximum atomic E-state index is 13.6. The maximum absolute atomic E-state index is 13.6. The topological polar surface area (TPSA) is 150 Å². The number of ether oxygens (including phenoxy) is 6. The smallest absolute Gasteiger partial charge is 0.307 e.